The van der Waals surface area contributed by atoms with Crippen molar-refractivity contribution in [3.63, 3.8) is 0 Å². The third-order valence-corrected chi connectivity index (χ3v) is 5.92. The van der Waals surface area contributed by atoms with Crippen molar-refractivity contribution in [2.24, 2.45) is 0 Å². The van der Waals surface area contributed by atoms with Crippen molar-refractivity contribution in [3.8, 4) is 0 Å². The molecule has 0 aliphatic heterocycles. The average Bonchev–Trinajstić information content (AvgIpc) is 2.64. The molecule has 0 N–H and O–H groups in total. The summed E-state index contributed by atoms with van der Waals surface area (Å²) in [6.07, 6.45) is 6.23. The first-order chi connectivity index (χ1) is 12.1. The van der Waals surface area contributed by atoms with Crippen LogP contribution in [0.15, 0.2) is 54.6 Å². The number of aryl methyl sites for hydroxylation is 1. The second kappa shape index (κ2) is 8.16. The molecule has 0 saturated heterocycles. The van der Waals surface area contributed by atoms with E-state index in [0.29, 0.717) is 6.10 Å². The van der Waals surface area contributed by atoms with Crippen LogP contribution in [0.1, 0.15) is 42.4 Å². The maximum absolute atomic E-state index is 6.20. The summed E-state index contributed by atoms with van der Waals surface area (Å²) in [5, 5.41) is 0. The maximum atomic E-state index is 6.20. The van der Waals surface area contributed by atoms with Gasteiger partial charge in [0.2, 0.25) is 0 Å². The molecular weight excluding hydrogens is 306 g/mol. The Kier molecular flexibility index (Phi) is 5.93. The standard InChI is InChI=1S/C23H31NO/c1-19-9-7-8-12-21(19)17-23(24(2)3)15-13-22(14-16-23)25-18-20-10-5-4-6-11-20/h4-12,22H,13-18H2,1-3H3. The third-order valence-electron chi connectivity index (χ3n) is 5.92. The Morgan fingerprint density at radius 1 is 0.960 bits per heavy atom. The predicted octanol–water partition coefficient (Wildman–Crippen LogP) is 5.00. The highest BCUT2D eigenvalue weighted by Crippen LogP contribution is 2.37. The van der Waals surface area contributed by atoms with Crippen molar-refractivity contribution < 1.29 is 4.74 Å². The molecule has 1 aliphatic rings. The van der Waals surface area contributed by atoms with Crippen molar-refractivity contribution in [1.29, 1.82) is 0 Å². The number of nitrogens with zero attached hydrogens (tertiary/aromatic N) is 1. The van der Waals surface area contributed by atoms with E-state index in [1.165, 1.54) is 29.5 Å². The van der Waals surface area contributed by atoms with Crippen molar-refractivity contribution >= 4 is 0 Å². The number of hydrogen-bond acceptors (Lipinski definition) is 2. The third kappa shape index (κ3) is 4.50. The quantitative estimate of drug-likeness (QED) is 0.736. The lowest BCUT2D eigenvalue weighted by Gasteiger charge is -2.45. The number of likely N-dealkylation sites (N-methyl/N-ethyl adjacent to an activating group) is 1. The number of rotatable bonds is 6. The lowest BCUT2D eigenvalue weighted by molar-refractivity contribution is -0.0230. The Bertz CT molecular complexity index is 657. The van der Waals surface area contributed by atoms with Gasteiger partial charge in [-0.2, -0.15) is 0 Å². The van der Waals surface area contributed by atoms with Gasteiger partial charge in [-0.25, -0.2) is 0 Å². The molecule has 0 spiro atoms. The summed E-state index contributed by atoms with van der Waals surface area (Å²) in [6, 6.07) is 19.3. The fourth-order valence-electron chi connectivity index (χ4n) is 4.03. The Morgan fingerprint density at radius 3 is 2.24 bits per heavy atom. The number of benzene rings is 2. The maximum Gasteiger partial charge on any atom is 0.0720 e. The van der Waals surface area contributed by atoms with Crippen molar-refractivity contribution in [2.45, 2.75) is 57.3 Å². The van der Waals surface area contributed by atoms with Crippen LogP contribution >= 0.6 is 0 Å². The van der Waals surface area contributed by atoms with E-state index in [1.54, 1.807) is 0 Å². The van der Waals surface area contributed by atoms with Crippen molar-refractivity contribution in [3.05, 3.63) is 71.3 Å². The molecule has 134 valence electrons. The summed E-state index contributed by atoms with van der Waals surface area (Å²) in [6.45, 7) is 2.96. The van der Waals surface area contributed by atoms with Crippen LogP contribution in [-0.2, 0) is 17.8 Å². The zero-order chi connectivity index (χ0) is 17.7. The van der Waals surface area contributed by atoms with Crippen LogP contribution in [0.25, 0.3) is 0 Å². The minimum Gasteiger partial charge on any atom is -0.374 e. The number of ether oxygens (including phenoxy) is 1. The topological polar surface area (TPSA) is 12.5 Å². The van der Waals surface area contributed by atoms with Crippen LogP contribution in [0.3, 0.4) is 0 Å². The average molecular weight is 338 g/mol. The van der Waals surface area contributed by atoms with E-state index >= 15 is 0 Å². The van der Waals surface area contributed by atoms with Gasteiger partial charge in [0.1, 0.15) is 0 Å². The molecule has 1 fully saturated rings. The van der Waals surface area contributed by atoms with E-state index in [2.05, 4.69) is 80.5 Å². The molecule has 0 unspecified atom stereocenters. The van der Waals surface area contributed by atoms with Crippen LogP contribution in [0.5, 0.6) is 0 Å². The summed E-state index contributed by atoms with van der Waals surface area (Å²) < 4.78 is 6.20. The monoisotopic (exact) mass is 337 g/mol. The molecule has 2 heteroatoms. The Labute approximate surface area is 152 Å². The van der Waals surface area contributed by atoms with E-state index in [9.17, 15) is 0 Å². The Hall–Kier alpha value is -1.64. The first-order valence-corrected chi connectivity index (χ1v) is 9.46. The highest BCUT2D eigenvalue weighted by Gasteiger charge is 2.37. The van der Waals surface area contributed by atoms with E-state index in [4.69, 9.17) is 4.74 Å². The minimum absolute atomic E-state index is 0.263. The zero-order valence-corrected chi connectivity index (χ0v) is 15.9. The van der Waals surface area contributed by atoms with E-state index < -0.39 is 0 Å². The molecule has 0 atom stereocenters. The number of hydrogen-bond donors (Lipinski definition) is 0. The van der Waals surface area contributed by atoms with Gasteiger partial charge in [0.05, 0.1) is 12.7 Å². The van der Waals surface area contributed by atoms with E-state index in [-0.39, 0.29) is 5.54 Å². The van der Waals surface area contributed by atoms with Crippen LogP contribution in [-0.4, -0.2) is 30.6 Å². The van der Waals surface area contributed by atoms with Gasteiger partial charge in [-0.15, -0.1) is 0 Å². The Balaban J connectivity index is 1.60. The lowest BCUT2D eigenvalue weighted by atomic mass is 9.75. The van der Waals surface area contributed by atoms with Gasteiger partial charge in [0, 0.05) is 5.54 Å². The highest BCUT2D eigenvalue weighted by atomic mass is 16.5. The molecule has 0 bridgehead atoms. The van der Waals surface area contributed by atoms with E-state index in [1.807, 2.05) is 0 Å². The van der Waals surface area contributed by atoms with Crippen molar-refractivity contribution in [1.82, 2.24) is 4.90 Å². The van der Waals surface area contributed by atoms with Gasteiger partial charge in [0.25, 0.3) is 0 Å². The van der Waals surface area contributed by atoms with Crippen molar-refractivity contribution in [2.75, 3.05) is 14.1 Å². The highest BCUT2D eigenvalue weighted by molar-refractivity contribution is 5.28. The first kappa shape index (κ1) is 18.2. The molecule has 2 aromatic carbocycles. The van der Waals surface area contributed by atoms with Gasteiger partial charge < -0.3 is 9.64 Å². The molecule has 2 nitrogen and oxygen atoms in total. The van der Waals surface area contributed by atoms with Crippen LogP contribution in [0, 0.1) is 6.92 Å². The molecule has 2 aromatic rings. The fourth-order valence-corrected chi connectivity index (χ4v) is 4.03. The molecular formula is C23H31NO. The van der Waals surface area contributed by atoms with Gasteiger partial charge in [0.15, 0.2) is 0 Å². The van der Waals surface area contributed by atoms with E-state index in [0.717, 1.165) is 25.9 Å². The van der Waals surface area contributed by atoms with Gasteiger partial charge in [-0.1, -0.05) is 54.6 Å². The molecule has 0 amide bonds. The molecule has 1 saturated carbocycles. The van der Waals surface area contributed by atoms with Crippen LogP contribution < -0.4 is 0 Å². The zero-order valence-electron chi connectivity index (χ0n) is 15.9. The molecule has 0 radical (unpaired) electrons. The lowest BCUT2D eigenvalue weighted by Crippen LogP contribution is -2.49. The molecule has 25 heavy (non-hydrogen) atoms. The fraction of sp³-hybridized carbons (Fsp3) is 0.478. The smallest absolute Gasteiger partial charge is 0.0720 e. The summed E-state index contributed by atoms with van der Waals surface area (Å²) >= 11 is 0. The SMILES string of the molecule is Cc1ccccc1CC1(N(C)C)CCC(OCc2ccccc2)CC1. The minimum atomic E-state index is 0.263. The van der Waals surface area contributed by atoms with Crippen LogP contribution in [0.2, 0.25) is 0 Å². The van der Waals surface area contributed by atoms with Gasteiger partial charge >= 0.3 is 0 Å². The summed E-state index contributed by atoms with van der Waals surface area (Å²) in [7, 11) is 4.48. The largest absolute Gasteiger partial charge is 0.374 e. The summed E-state index contributed by atoms with van der Waals surface area (Å²) in [5.74, 6) is 0. The molecule has 0 heterocycles. The summed E-state index contributed by atoms with van der Waals surface area (Å²) in [4.78, 5) is 2.45. The van der Waals surface area contributed by atoms with Crippen LogP contribution in [0.4, 0.5) is 0 Å². The van der Waals surface area contributed by atoms with Gasteiger partial charge in [-0.05, 0) is 69.8 Å². The second-order valence-electron chi connectivity index (χ2n) is 7.72. The van der Waals surface area contributed by atoms with Gasteiger partial charge in [-0.3, -0.25) is 0 Å². The Morgan fingerprint density at radius 2 is 1.60 bits per heavy atom. The molecule has 1 aliphatic carbocycles. The molecule has 0 aromatic heterocycles. The second-order valence-corrected chi connectivity index (χ2v) is 7.72. The molecule has 3 rings (SSSR count). The normalized spacial score (nSPS) is 23.8. The summed E-state index contributed by atoms with van der Waals surface area (Å²) in [5.41, 5.74) is 4.43. The predicted molar refractivity (Wildman–Crippen MR) is 105 cm³/mol. The first-order valence-electron chi connectivity index (χ1n) is 9.46.